The number of methoxy groups -OCH3 is 1. The molecule has 142 valence electrons. The van der Waals surface area contributed by atoms with Gasteiger partial charge < -0.3 is 15.4 Å². The Morgan fingerprint density at radius 2 is 1.63 bits per heavy atom. The molecule has 2 amide bonds. The van der Waals surface area contributed by atoms with Crippen molar-refractivity contribution in [3.05, 3.63) is 52.0 Å². The predicted molar refractivity (Wildman–Crippen MR) is 108 cm³/mol. The van der Waals surface area contributed by atoms with Crippen LogP contribution >= 0.6 is 11.6 Å². The number of hydrogen-bond acceptors (Lipinski definition) is 3. The number of amides is 2. The number of carbonyl (C=O) groups is 2. The molecule has 0 spiro atoms. The molecule has 2 atom stereocenters. The summed E-state index contributed by atoms with van der Waals surface area (Å²) in [5.74, 6) is -0.466. The summed E-state index contributed by atoms with van der Waals surface area (Å²) in [7, 11) is 1.52. The number of aryl methyl sites for hydroxylation is 3. The van der Waals surface area contributed by atoms with Crippen LogP contribution in [-0.2, 0) is 9.59 Å². The van der Waals surface area contributed by atoms with Gasteiger partial charge in [0, 0.05) is 16.8 Å². The summed E-state index contributed by atoms with van der Waals surface area (Å²) in [5.41, 5.74) is 4.44. The van der Waals surface area contributed by atoms with Crippen LogP contribution in [0.3, 0.4) is 0 Å². The quantitative estimate of drug-likeness (QED) is 0.795. The standard InChI is InChI=1S/C21H23ClN2O3/c1-11-5-6-14(7-12(11)2)23-20(25)15-9-16(15)21(26)24-18-8-13(3)17(22)10-19(18)27-4/h5-8,10,15-16H,9H2,1-4H3,(H,23,25)(H,24,26). The van der Waals surface area contributed by atoms with Gasteiger partial charge in [0.1, 0.15) is 5.75 Å². The molecule has 27 heavy (non-hydrogen) atoms. The van der Waals surface area contributed by atoms with Crippen molar-refractivity contribution in [1.82, 2.24) is 0 Å². The molecule has 5 nitrogen and oxygen atoms in total. The Balaban J connectivity index is 1.62. The Kier molecular flexibility index (Phi) is 5.42. The van der Waals surface area contributed by atoms with Crippen molar-refractivity contribution in [3.8, 4) is 5.75 Å². The van der Waals surface area contributed by atoms with Crippen LogP contribution in [0.25, 0.3) is 0 Å². The first kappa shape index (κ1) is 19.2. The van der Waals surface area contributed by atoms with E-state index in [9.17, 15) is 9.59 Å². The largest absolute Gasteiger partial charge is 0.495 e. The van der Waals surface area contributed by atoms with E-state index in [1.807, 2.05) is 39.0 Å². The Labute approximate surface area is 164 Å². The van der Waals surface area contributed by atoms with Gasteiger partial charge in [-0.3, -0.25) is 9.59 Å². The van der Waals surface area contributed by atoms with E-state index < -0.39 is 0 Å². The van der Waals surface area contributed by atoms with Crippen LogP contribution in [0.1, 0.15) is 23.1 Å². The molecule has 6 heteroatoms. The van der Waals surface area contributed by atoms with E-state index in [0.717, 1.165) is 16.8 Å². The molecule has 0 aromatic heterocycles. The molecular formula is C21H23ClN2O3. The summed E-state index contributed by atoms with van der Waals surface area (Å²) in [5, 5.41) is 6.32. The SMILES string of the molecule is COc1cc(Cl)c(C)cc1NC(=O)C1CC1C(=O)Nc1ccc(C)c(C)c1. The molecule has 3 rings (SSSR count). The van der Waals surface area contributed by atoms with E-state index in [2.05, 4.69) is 10.6 Å². The first-order valence-corrected chi connectivity index (χ1v) is 9.21. The summed E-state index contributed by atoms with van der Waals surface area (Å²) in [6.45, 7) is 5.88. The normalized spacial score (nSPS) is 18.0. The third kappa shape index (κ3) is 4.25. The molecule has 0 bridgehead atoms. The number of anilines is 2. The Hall–Kier alpha value is -2.53. The van der Waals surface area contributed by atoms with Gasteiger partial charge in [-0.2, -0.15) is 0 Å². The monoisotopic (exact) mass is 386 g/mol. The molecule has 0 heterocycles. The lowest BCUT2D eigenvalue weighted by atomic mass is 10.1. The van der Waals surface area contributed by atoms with Crippen LogP contribution in [0.4, 0.5) is 11.4 Å². The van der Waals surface area contributed by atoms with Crippen molar-refractivity contribution < 1.29 is 14.3 Å². The highest BCUT2D eigenvalue weighted by molar-refractivity contribution is 6.31. The number of ether oxygens (including phenoxy) is 1. The van der Waals surface area contributed by atoms with Gasteiger partial charge in [-0.25, -0.2) is 0 Å². The summed E-state index contributed by atoms with van der Waals surface area (Å²) >= 11 is 6.09. The van der Waals surface area contributed by atoms with Gasteiger partial charge in [0.2, 0.25) is 11.8 Å². The van der Waals surface area contributed by atoms with Gasteiger partial charge in [0.25, 0.3) is 0 Å². The van der Waals surface area contributed by atoms with Crippen LogP contribution in [0.15, 0.2) is 30.3 Å². The summed E-state index contributed by atoms with van der Waals surface area (Å²) in [6.07, 6.45) is 0.539. The summed E-state index contributed by atoms with van der Waals surface area (Å²) < 4.78 is 5.28. The van der Waals surface area contributed by atoms with Crippen molar-refractivity contribution in [3.63, 3.8) is 0 Å². The van der Waals surface area contributed by atoms with Crippen LogP contribution in [-0.4, -0.2) is 18.9 Å². The Morgan fingerprint density at radius 1 is 0.963 bits per heavy atom. The van der Waals surface area contributed by atoms with Crippen molar-refractivity contribution in [2.24, 2.45) is 11.8 Å². The van der Waals surface area contributed by atoms with Crippen molar-refractivity contribution >= 4 is 34.8 Å². The summed E-state index contributed by atoms with van der Waals surface area (Å²) in [6, 6.07) is 9.22. The smallest absolute Gasteiger partial charge is 0.228 e. The van der Waals surface area contributed by atoms with E-state index in [0.29, 0.717) is 22.9 Å². The number of carbonyl (C=O) groups excluding carboxylic acids is 2. The molecule has 2 N–H and O–H groups in total. The molecule has 2 unspecified atom stereocenters. The average molecular weight is 387 g/mol. The van der Waals surface area contributed by atoms with E-state index in [1.54, 1.807) is 12.1 Å². The highest BCUT2D eigenvalue weighted by Gasteiger charge is 2.48. The fourth-order valence-electron chi connectivity index (χ4n) is 2.98. The zero-order valence-electron chi connectivity index (χ0n) is 15.9. The van der Waals surface area contributed by atoms with E-state index in [-0.39, 0.29) is 23.7 Å². The molecule has 0 aliphatic heterocycles. The number of benzene rings is 2. The fraction of sp³-hybridized carbons (Fsp3) is 0.333. The van der Waals surface area contributed by atoms with Crippen LogP contribution in [0.5, 0.6) is 5.75 Å². The zero-order valence-corrected chi connectivity index (χ0v) is 16.6. The zero-order chi connectivity index (χ0) is 19.7. The summed E-state index contributed by atoms with van der Waals surface area (Å²) in [4.78, 5) is 25.0. The maximum absolute atomic E-state index is 12.5. The molecule has 1 saturated carbocycles. The lowest BCUT2D eigenvalue weighted by Crippen LogP contribution is -2.21. The van der Waals surface area contributed by atoms with Crippen molar-refractivity contribution in [1.29, 1.82) is 0 Å². The predicted octanol–water partition coefficient (Wildman–Crippen LogP) is 4.49. The minimum absolute atomic E-state index is 0.127. The minimum Gasteiger partial charge on any atom is -0.495 e. The van der Waals surface area contributed by atoms with Crippen molar-refractivity contribution in [2.75, 3.05) is 17.7 Å². The number of nitrogens with one attached hydrogen (secondary N) is 2. The number of halogens is 1. The molecule has 1 aliphatic rings. The number of hydrogen-bond donors (Lipinski definition) is 2. The van der Waals surface area contributed by atoms with Gasteiger partial charge in [-0.1, -0.05) is 17.7 Å². The maximum Gasteiger partial charge on any atom is 0.228 e. The maximum atomic E-state index is 12.5. The molecule has 1 aliphatic carbocycles. The van der Waals surface area contributed by atoms with Crippen LogP contribution < -0.4 is 15.4 Å². The molecule has 2 aromatic carbocycles. The van der Waals surface area contributed by atoms with Crippen LogP contribution in [0.2, 0.25) is 5.02 Å². The average Bonchev–Trinajstić information content (AvgIpc) is 3.42. The molecule has 2 aromatic rings. The van der Waals surface area contributed by atoms with E-state index >= 15 is 0 Å². The topological polar surface area (TPSA) is 67.4 Å². The second kappa shape index (κ2) is 7.61. The van der Waals surface area contributed by atoms with E-state index in [1.165, 1.54) is 12.7 Å². The van der Waals surface area contributed by atoms with Gasteiger partial charge in [0.05, 0.1) is 24.6 Å². The van der Waals surface area contributed by atoms with Gasteiger partial charge >= 0.3 is 0 Å². The van der Waals surface area contributed by atoms with Crippen LogP contribution in [0, 0.1) is 32.6 Å². The van der Waals surface area contributed by atoms with E-state index in [4.69, 9.17) is 16.3 Å². The molecule has 1 fully saturated rings. The third-order valence-corrected chi connectivity index (χ3v) is 5.38. The van der Waals surface area contributed by atoms with Gasteiger partial charge in [0.15, 0.2) is 0 Å². The first-order valence-electron chi connectivity index (χ1n) is 8.83. The molecular weight excluding hydrogens is 364 g/mol. The third-order valence-electron chi connectivity index (χ3n) is 4.98. The number of rotatable bonds is 5. The molecule has 0 saturated heterocycles. The Bertz CT molecular complexity index is 911. The lowest BCUT2D eigenvalue weighted by Gasteiger charge is -2.12. The molecule has 0 radical (unpaired) electrons. The second-order valence-electron chi connectivity index (χ2n) is 7.03. The minimum atomic E-state index is -0.336. The van der Waals surface area contributed by atoms with Gasteiger partial charge in [-0.15, -0.1) is 0 Å². The highest BCUT2D eigenvalue weighted by Crippen LogP contribution is 2.41. The lowest BCUT2D eigenvalue weighted by molar-refractivity contribution is -0.122. The fourth-order valence-corrected chi connectivity index (χ4v) is 3.14. The van der Waals surface area contributed by atoms with Crippen molar-refractivity contribution in [2.45, 2.75) is 27.2 Å². The Morgan fingerprint density at radius 3 is 2.26 bits per heavy atom. The first-order chi connectivity index (χ1) is 12.8. The van der Waals surface area contributed by atoms with Gasteiger partial charge in [-0.05, 0) is 62.1 Å². The second-order valence-corrected chi connectivity index (χ2v) is 7.44. The highest BCUT2D eigenvalue weighted by atomic mass is 35.5.